The highest BCUT2D eigenvalue weighted by Crippen LogP contribution is 2.60. The van der Waals surface area contributed by atoms with Gasteiger partial charge in [0.2, 0.25) is 0 Å². The van der Waals surface area contributed by atoms with Crippen molar-refractivity contribution in [3.05, 3.63) is 360 Å². The van der Waals surface area contributed by atoms with Crippen molar-refractivity contribution in [1.82, 2.24) is 9.97 Å². The Balaban J connectivity index is 0.764. The molecule has 0 amide bonds. The number of hydrogen-bond donors (Lipinski definition) is 0. The standard InChI is InChI=1S/C84H52N2S2/c1-5-19-59(20-6-1)83(60-21-7-2-8-22-60)73-39-35-53(47-69(73)71-49-57(37-41-75(71)83)63-29-17-31-67-65-27-13-15-33-79(65)87-81(63)67)55-43-45-85-77(51-55)78-52-56(44-46-86-78)54-36-40-74-70(48-54)72-50-58(64-30-18-32-68-66-28-14-16-34-80(66)88-82(64)68)38-42-76(72)84(74,61-23-9-3-10-24-61)62-25-11-4-12-26-62/h1-52H. The molecule has 0 spiro atoms. The summed E-state index contributed by atoms with van der Waals surface area (Å²) in [6, 6.07) is 113. The average molecular weight is 1150 g/mol. The minimum absolute atomic E-state index is 0.539. The molecule has 0 saturated carbocycles. The Labute approximate surface area is 518 Å². The fourth-order valence-corrected chi connectivity index (χ4v) is 17.6. The van der Waals surface area contributed by atoms with E-state index in [-0.39, 0.29) is 0 Å². The Morgan fingerprint density at radius 1 is 0.227 bits per heavy atom. The number of thiophene rings is 2. The van der Waals surface area contributed by atoms with Gasteiger partial charge in [-0.05, 0) is 172 Å². The van der Waals surface area contributed by atoms with E-state index in [9.17, 15) is 0 Å². The average Bonchev–Trinajstić information content (AvgIpc) is 1.78. The van der Waals surface area contributed by atoms with Crippen molar-refractivity contribution in [3.63, 3.8) is 0 Å². The first-order chi connectivity index (χ1) is 43.6. The van der Waals surface area contributed by atoms with Gasteiger partial charge in [-0.3, -0.25) is 9.97 Å². The Kier molecular flexibility index (Phi) is 11.5. The van der Waals surface area contributed by atoms with Gasteiger partial charge in [0.05, 0.1) is 22.2 Å². The van der Waals surface area contributed by atoms with Crippen LogP contribution in [0.15, 0.2) is 316 Å². The number of benzene rings is 12. The minimum atomic E-state index is -0.539. The van der Waals surface area contributed by atoms with Crippen LogP contribution in [-0.4, -0.2) is 9.97 Å². The normalized spacial score (nSPS) is 13.4. The second kappa shape index (κ2) is 20.0. The van der Waals surface area contributed by atoms with Gasteiger partial charge in [-0.25, -0.2) is 0 Å². The summed E-state index contributed by atoms with van der Waals surface area (Å²) in [5.41, 5.74) is 25.0. The van der Waals surface area contributed by atoms with E-state index in [0.717, 1.165) is 33.6 Å². The van der Waals surface area contributed by atoms with Gasteiger partial charge >= 0.3 is 0 Å². The van der Waals surface area contributed by atoms with Crippen LogP contribution < -0.4 is 0 Å². The van der Waals surface area contributed by atoms with Crippen LogP contribution >= 0.6 is 22.7 Å². The molecular formula is C84H52N2S2. The zero-order chi connectivity index (χ0) is 57.9. The van der Waals surface area contributed by atoms with E-state index in [4.69, 9.17) is 9.97 Å². The SMILES string of the molecule is c1ccc(C2(c3ccccc3)c3ccc(-c4ccnc(-c5cc(-c6ccc7c(c6)-c6cc(-c8cccc9c8sc8ccccc89)ccc6C7(c6ccccc6)c6ccccc6)ccn5)c4)cc3-c3cc(-c4cccc5c4sc4ccccc45)ccc32)cc1. The summed E-state index contributed by atoms with van der Waals surface area (Å²) < 4.78 is 5.25. The first-order valence-corrected chi connectivity index (χ1v) is 31.8. The molecule has 18 rings (SSSR count). The predicted octanol–water partition coefficient (Wildman–Crippen LogP) is 22.3. The highest BCUT2D eigenvalue weighted by molar-refractivity contribution is 7.26. The number of fused-ring (bicyclic) bond motifs is 12. The maximum Gasteiger partial charge on any atom is 0.0892 e. The van der Waals surface area contributed by atoms with Gasteiger partial charge in [0.1, 0.15) is 0 Å². The van der Waals surface area contributed by atoms with Crippen LogP contribution in [-0.2, 0) is 10.8 Å². The number of nitrogens with zero attached hydrogens (tertiary/aromatic N) is 2. The van der Waals surface area contributed by atoms with Crippen LogP contribution in [0, 0.1) is 0 Å². The smallest absolute Gasteiger partial charge is 0.0892 e. The molecule has 16 aromatic rings. The lowest BCUT2D eigenvalue weighted by atomic mass is 9.67. The van der Waals surface area contributed by atoms with Crippen molar-refractivity contribution in [1.29, 1.82) is 0 Å². The summed E-state index contributed by atoms with van der Waals surface area (Å²) in [4.78, 5) is 10.1. The zero-order valence-electron chi connectivity index (χ0n) is 47.7. The summed E-state index contributed by atoms with van der Waals surface area (Å²) in [5.74, 6) is 0. The van der Waals surface area contributed by atoms with E-state index in [1.54, 1.807) is 0 Å². The second-order valence-corrected chi connectivity index (χ2v) is 25.5. The van der Waals surface area contributed by atoms with Crippen molar-refractivity contribution in [3.8, 4) is 78.1 Å². The molecule has 88 heavy (non-hydrogen) atoms. The number of pyridine rings is 2. The quantitative estimate of drug-likeness (QED) is 0.144. The molecule has 0 aliphatic heterocycles. The molecule has 0 radical (unpaired) electrons. The van der Waals surface area contributed by atoms with Crippen LogP contribution in [0.4, 0.5) is 0 Å². The van der Waals surface area contributed by atoms with Crippen LogP contribution in [0.25, 0.3) is 118 Å². The molecule has 4 heterocycles. The first-order valence-electron chi connectivity index (χ1n) is 30.2. The molecule has 12 aromatic carbocycles. The van der Waals surface area contributed by atoms with E-state index in [1.807, 2.05) is 35.1 Å². The van der Waals surface area contributed by atoms with Gasteiger partial charge in [0, 0.05) is 52.7 Å². The van der Waals surface area contributed by atoms with Gasteiger partial charge in [-0.2, -0.15) is 0 Å². The molecule has 410 valence electrons. The molecule has 0 atom stereocenters. The maximum atomic E-state index is 5.05. The number of hydrogen-bond acceptors (Lipinski definition) is 4. The monoisotopic (exact) mass is 1150 g/mol. The molecule has 0 unspecified atom stereocenters. The van der Waals surface area contributed by atoms with E-state index in [1.165, 1.54) is 129 Å². The number of aromatic nitrogens is 2. The third kappa shape index (κ3) is 7.53. The lowest BCUT2D eigenvalue weighted by Gasteiger charge is -2.34. The van der Waals surface area contributed by atoms with Crippen molar-refractivity contribution in [2.45, 2.75) is 10.8 Å². The van der Waals surface area contributed by atoms with E-state index < -0.39 is 10.8 Å². The van der Waals surface area contributed by atoms with Crippen molar-refractivity contribution in [2.24, 2.45) is 0 Å². The molecule has 2 aliphatic rings. The molecule has 0 bridgehead atoms. The highest BCUT2D eigenvalue weighted by Gasteiger charge is 2.48. The van der Waals surface area contributed by atoms with Gasteiger partial charge < -0.3 is 0 Å². The third-order valence-corrected chi connectivity index (χ3v) is 21.4. The fraction of sp³-hybridized carbons (Fsp3) is 0.0238. The van der Waals surface area contributed by atoms with E-state index in [2.05, 4.69) is 303 Å². The Morgan fingerprint density at radius 3 is 0.909 bits per heavy atom. The molecule has 0 fully saturated rings. The predicted molar refractivity (Wildman–Crippen MR) is 370 cm³/mol. The molecular weight excluding hydrogens is 1100 g/mol. The molecule has 4 aromatic heterocycles. The van der Waals surface area contributed by atoms with Crippen molar-refractivity contribution < 1.29 is 0 Å². The highest BCUT2D eigenvalue weighted by atomic mass is 32.1. The minimum Gasteiger partial charge on any atom is -0.255 e. The largest absolute Gasteiger partial charge is 0.255 e. The Bertz CT molecular complexity index is 5030. The summed E-state index contributed by atoms with van der Waals surface area (Å²) in [7, 11) is 0. The molecule has 2 aliphatic carbocycles. The zero-order valence-corrected chi connectivity index (χ0v) is 49.4. The van der Waals surface area contributed by atoms with Crippen LogP contribution in [0.3, 0.4) is 0 Å². The second-order valence-electron chi connectivity index (χ2n) is 23.4. The van der Waals surface area contributed by atoms with Crippen LogP contribution in [0.2, 0.25) is 0 Å². The van der Waals surface area contributed by atoms with Crippen molar-refractivity contribution in [2.75, 3.05) is 0 Å². The lowest BCUT2D eigenvalue weighted by molar-refractivity contribution is 0.768. The molecule has 2 nitrogen and oxygen atoms in total. The van der Waals surface area contributed by atoms with Crippen LogP contribution in [0.1, 0.15) is 44.5 Å². The summed E-state index contributed by atoms with van der Waals surface area (Å²) in [6.07, 6.45) is 3.89. The third-order valence-electron chi connectivity index (χ3n) is 19.0. The van der Waals surface area contributed by atoms with Gasteiger partial charge in [-0.15, -0.1) is 22.7 Å². The Morgan fingerprint density at radius 2 is 0.534 bits per heavy atom. The van der Waals surface area contributed by atoms with Gasteiger partial charge in [-0.1, -0.05) is 243 Å². The van der Waals surface area contributed by atoms with Gasteiger partial charge in [0.15, 0.2) is 0 Å². The maximum absolute atomic E-state index is 5.05. The van der Waals surface area contributed by atoms with Crippen molar-refractivity contribution >= 4 is 63.0 Å². The summed E-state index contributed by atoms with van der Waals surface area (Å²) in [5, 5.41) is 5.22. The van der Waals surface area contributed by atoms with Gasteiger partial charge in [0.25, 0.3) is 0 Å². The fourth-order valence-electron chi connectivity index (χ4n) is 15.1. The topological polar surface area (TPSA) is 25.8 Å². The summed E-state index contributed by atoms with van der Waals surface area (Å²) in [6.45, 7) is 0. The van der Waals surface area contributed by atoms with E-state index in [0.29, 0.717) is 0 Å². The summed E-state index contributed by atoms with van der Waals surface area (Å²) >= 11 is 3.77. The number of rotatable bonds is 9. The lowest BCUT2D eigenvalue weighted by Crippen LogP contribution is -2.28. The van der Waals surface area contributed by atoms with Crippen LogP contribution in [0.5, 0.6) is 0 Å². The Hall–Kier alpha value is -10.6. The molecule has 0 N–H and O–H groups in total. The first kappa shape index (κ1) is 50.7. The molecule has 4 heteroatoms. The molecule has 0 saturated heterocycles. The van der Waals surface area contributed by atoms with E-state index >= 15 is 0 Å².